The third-order valence-electron chi connectivity index (χ3n) is 1.28. The Kier molecular flexibility index (Phi) is 4.21. The van der Waals surface area contributed by atoms with Crippen molar-refractivity contribution >= 4 is 11.9 Å². The summed E-state index contributed by atoms with van der Waals surface area (Å²) >= 11 is 0. The molecule has 0 aromatic heterocycles. The van der Waals surface area contributed by atoms with Gasteiger partial charge in [-0.1, -0.05) is 0 Å². The zero-order chi connectivity index (χ0) is 11.3. The second-order valence-electron chi connectivity index (χ2n) is 2.51. The predicted octanol–water partition coefficient (Wildman–Crippen LogP) is 0.675. The van der Waals surface area contributed by atoms with Crippen LogP contribution in [0.25, 0.3) is 0 Å². The molecule has 0 aliphatic rings. The molecule has 6 nitrogen and oxygen atoms in total. The van der Waals surface area contributed by atoms with Crippen molar-refractivity contribution in [2.75, 3.05) is 0 Å². The van der Waals surface area contributed by atoms with Gasteiger partial charge in [0.05, 0.1) is 5.76 Å². The number of aliphatic hydroxyl groups is 2. The van der Waals surface area contributed by atoms with Crippen molar-refractivity contribution in [2.24, 2.45) is 5.92 Å². The third kappa shape index (κ3) is 3.61. The van der Waals surface area contributed by atoms with Crippen LogP contribution in [-0.4, -0.2) is 32.4 Å². The van der Waals surface area contributed by atoms with Crippen LogP contribution in [0.15, 0.2) is 23.7 Å². The molecule has 14 heavy (non-hydrogen) atoms. The van der Waals surface area contributed by atoms with Gasteiger partial charge in [-0.15, -0.1) is 0 Å². The first-order valence-corrected chi connectivity index (χ1v) is 3.58. The van der Waals surface area contributed by atoms with Gasteiger partial charge in [0.2, 0.25) is 5.92 Å². The first-order valence-electron chi connectivity index (χ1n) is 3.58. The first kappa shape index (κ1) is 12.0. The van der Waals surface area contributed by atoms with Crippen LogP contribution in [0, 0.1) is 5.92 Å². The number of aliphatic carboxylic acids is 2. The lowest BCUT2D eigenvalue weighted by molar-refractivity contribution is -0.153. The molecule has 78 valence electrons. The molecular formula is C8H10O6. The minimum atomic E-state index is -2.01. The Labute approximate surface area is 79.4 Å². The van der Waals surface area contributed by atoms with E-state index >= 15 is 0 Å². The highest BCUT2D eigenvalue weighted by molar-refractivity contribution is 5.95. The van der Waals surface area contributed by atoms with E-state index in [2.05, 4.69) is 0 Å². The lowest BCUT2D eigenvalue weighted by atomic mass is 10.1. The number of carboxylic acid groups (broad SMARTS) is 2. The van der Waals surface area contributed by atoms with Gasteiger partial charge in [0, 0.05) is 0 Å². The Bertz CT molecular complexity index is 283. The minimum absolute atomic E-state index is 0.175. The van der Waals surface area contributed by atoms with Crippen molar-refractivity contribution in [3.63, 3.8) is 0 Å². The summed E-state index contributed by atoms with van der Waals surface area (Å²) in [5.41, 5.74) is 0. The van der Waals surface area contributed by atoms with Gasteiger partial charge in [-0.25, -0.2) is 0 Å². The van der Waals surface area contributed by atoms with Crippen LogP contribution in [0.3, 0.4) is 0 Å². The topological polar surface area (TPSA) is 115 Å². The van der Waals surface area contributed by atoms with Crippen LogP contribution in [-0.2, 0) is 9.59 Å². The normalized spacial score (nSPS) is 13.0. The van der Waals surface area contributed by atoms with Crippen LogP contribution in [0.1, 0.15) is 6.92 Å². The summed E-state index contributed by atoms with van der Waals surface area (Å²) in [5.74, 6) is -6.37. The summed E-state index contributed by atoms with van der Waals surface area (Å²) in [6.45, 7) is 1.29. The Hall–Kier alpha value is -1.98. The maximum atomic E-state index is 10.4. The van der Waals surface area contributed by atoms with Gasteiger partial charge >= 0.3 is 11.9 Å². The predicted molar refractivity (Wildman–Crippen MR) is 45.9 cm³/mol. The molecule has 0 saturated heterocycles. The van der Waals surface area contributed by atoms with E-state index < -0.39 is 23.6 Å². The Morgan fingerprint density at radius 3 is 1.71 bits per heavy atom. The number of carbonyl (C=O) groups is 2. The largest absolute Gasteiger partial charge is 0.513 e. The van der Waals surface area contributed by atoms with Crippen molar-refractivity contribution < 1.29 is 30.0 Å². The van der Waals surface area contributed by atoms with Crippen LogP contribution >= 0.6 is 0 Å². The molecule has 0 fully saturated rings. The van der Waals surface area contributed by atoms with Crippen molar-refractivity contribution in [1.82, 2.24) is 0 Å². The summed E-state index contributed by atoms with van der Waals surface area (Å²) in [4.78, 5) is 20.7. The first-order chi connectivity index (χ1) is 6.36. The fourth-order valence-electron chi connectivity index (χ4n) is 0.661. The second-order valence-corrected chi connectivity index (χ2v) is 2.51. The van der Waals surface area contributed by atoms with Crippen LogP contribution in [0.4, 0.5) is 0 Å². The molecule has 0 aliphatic heterocycles. The van der Waals surface area contributed by atoms with E-state index in [1.807, 2.05) is 0 Å². The highest BCUT2D eigenvalue weighted by Gasteiger charge is 2.29. The van der Waals surface area contributed by atoms with E-state index in [-0.39, 0.29) is 5.76 Å². The maximum absolute atomic E-state index is 10.4. The molecule has 0 unspecified atom stereocenters. The molecule has 0 atom stereocenters. The minimum Gasteiger partial charge on any atom is -0.513 e. The lowest BCUT2D eigenvalue weighted by Gasteiger charge is -2.04. The molecule has 0 heterocycles. The van der Waals surface area contributed by atoms with Crippen molar-refractivity contribution in [3.8, 4) is 0 Å². The number of aliphatic hydroxyl groups excluding tert-OH is 2. The molecule has 6 heteroatoms. The molecule has 0 bridgehead atoms. The summed E-state index contributed by atoms with van der Waals surface area (Å²) in [7, 11) is 0. The van der Waals surface area contributed by atoms with Crippen LogP contribution < -0.4 is 0 Å². The van der Waals surface area contributed by atoms with E-state index in [0.29, 0.717) is 0 Å². The fraction of sp³-hybridized carbons (Fsp3) is 0.250. The van der Waals surface area contributed by atoms with Crippen molar-refractivity contribution in [1.29, 1.82) is 0 Å². The highest BCUT2D eigenvalue weighted by Crippen LogP contribution is 2.09. The van der Waals surface area contributed by atoms with Gasteiger partial charge in [-0.3, -0.25) is 9.59 Å². The SMILES string of the molecule is CC(O)=CC=C(O)C(C(=O)O)C(=O)O. The van der Waals surface area contributed by atoms with E-state index in [0.717, 1.165) is 12.2 Å². The van der Waals surface area contributed by atoms with Crippen LogP contribution in [0.5, 0.6) is 0 Å². The van der Waals surface area contributed by atoms with E-state index in [9.17, 15) is 9.59 Å². The molecule has 0 spiro atoms. The zero-order valence-corrected chi connectivity index (χ0v) is 7.34. The van der Waals surface area contributed by atoms with E-state index in [1.54, 1.807) is 0 Å². The zero-order valence-electron chi connectivity index (χ0n) is 7.34. The number of carboxylic acids is 2. The summed E-state index contributed by atoms with van der Waals surface area (Å²) in [6.07, 6.45) is 1.82. The number of rotatable bonds is 4. The molecule has 0 aliphatic carbocycles. The molecule has 0 saturated carbocycles. The maximum Gasteiger partial charge on any atom is 0.325 e. The monoisotopic (exact) mass is 202 g/mol. The molecular weight excluding hydrogens is 192 g/mol. The number of hydrogen-bond donors (Lipinski definition) is 4. The Morgan fingerprint density at radius 1 is 1.00 bits per heavy atom. The lowest BCUT2D eigenvalue weighted by Crippen LogP contribution is -2.25. The Balaban J connectivity index is 4.86. The molecule has 0 aromatic rings. The van der Waals surface area contributed by atoms with Crippen molar-refractivity contribution in [2.45, 2.75) is 6.92 Å². The summed E-state index contributed by atoms with van der Waals surface area (Å²) in [6, 6.07) is 0. The molecule has 0 radical (unpaired) electrons. The standard InChI is InChI=1S/C8H10O6/c1-4(9)2-3-5(10)6(7(11)12)8(13)14/h2-3,6,9-10H,1H3,(H,11,12)(H,13,14). The average molecular weight is 202 g/mol. The summed E-state index contributed by atoms with van der Waals surface area (Å²) in [5, 5.41) is 34.5. The molecule has 0 rings (SSSR count). The van der Waals surface area contributed by atoms with Gasteiger partial charge in [-0.05, 0) is 19.1 Å². The molecule has 4 N–H and O–H groups in total. The van der Waals surface area contributed by atoms with Gasteiger partial charge in [0.1, 0.15) is 5.76 Å². The van der Waals surface area contributed by atoms with Gasteiger partial charge < -0.3 is 20.4 Å². The van der Waals surface area contributed by atoms with Gasteiger partial charge in [-0.2, -0.15) is 0 Å². The smallest absolute Gasteiger partial charge is 0.325 e. The van der Waals surface area contributed by atoms with E-state index in [1.165, 1.54) is 6.92 Å². The van der Waals surface area contributed by atoms with Gasteiger partial charge in [0.15, 0.2) is 0 Å². The molecule has 0 aromatic carbocycles. The molecule has 0 amide bonds. The van der Waals surface area contributed by atoms with Crippen molar-refractivity contribution in [3.05, 3.63) is 23.7 Å². The number of hydrogen-bond acceptors (Lipinski definition) is 4. The van der Waals surface area contributed by atoms with Gasteiger partial charge in [0.25, 0.3) is 0 Å². The fourth-order valence-corrected chi connectivity index (χ4v) is 0.661. The third-order valence-corrected chi connectivity index (χ3v) is 1.28. The van der Waals surface area contributed by atoms with E-state index in [4.69, 9.17) is 20.4 Å². The average Bonchev–Trinajstić information content (AvgIpc) is 1.99. The highest BCUT2D eigenvalue weighted by atomic mass is 16.4. The number of allylic oxidation sites excluding steroid dienone is 3. The Morgan fingerprint density at radius 2 is 1.43 bits per heavy atom. The second kappa shape index (κ2) is 4.90. The quantitative estimate of drug-likeness (QED) is 0.302. The summed E-state index contributed by atoms with van der Waals surface area (Å²) < 4.78 is 0. The van der Waals surface area contributed by atoms with Crippen LogP contribution in [0.2, 0.25) is 0 Å².